The van der Waals surface area contributed by atoms with Crippen molar-refractivity contribution in [2.75, 3.05) is 0 Å². The molecule has 1 N–H and O–H groups in total. The first kappa shape index (κ1) is 13.7. The van der Waals surface area contributed by atoms with Gasteiger partial charge in [0.1, 0.15) is 5.82 Å². The van der Waals surface area contributed by atoms with Crippen molar-refractivity contribution in [3.63, 3.8) is 0 Å². The van der Waals surface area contributed by atoms with Gasteiger partial charge in [-0.15, -0.1) is 0 Å². The average molecular weight is 322 g/mol. The molecule has 0 aliphatic carbocycles. The maximum absolute atomic E-state index is 13.4. The second kappa shape index (κ2) is 6.48. The highest BCUT2D eigenvalue weighted by Gasteiger charge is 2.05. The van der Waals surface area contributed by atoms with Crippen LogP contribution in [0.2, 0.25) is 0 Å². The van der Waals surface area contributed by atoms with Gasteiger partial charge in [0.2, 0.25) is 5.91 Å². The van der Waals surface area contributed by atoms with Crippen molar-refractivity contribution in [1.82, 2.24) is 5.32 Å². The zero-order valence-corrected chi connectivity index (χ0v) is 11.8. The summed E-state index contributed by atoms with van der Waals surface area (Å²) in [5, 5.41) is 2.71. The monoisotopic (exact) mass is 321 g/mol. The molecule has 1 amide bonds. The van der Waals surface area contributed by atoms with Gasteiger partial charge in [-0.05, 0) is 23.8 Å². The number of amides is 1. The van der Waals surface area contributed by atoms with Crippen LogP contribution in [0.25, 0.3) is 0 Å². The van der Waals surface area contributed by atoms with Crippen LogP contribution in [0.5, 0.6) is 0 Å². The van der Waals surface area contributed by atoms with Crippen LogP contribution in [-0.4, -0.2) is 5.91 Å². The number of nitrogens with one attached hydrogen (secondary N) is 1. The Balaban J connectivity index is 1.90. The third kappa shape index (κ3) is 4.17. The molecule has 0 heterocycles. The Kier molecular flexibility index (Phi) is 4.68. The molecular formula is C15H13BrFNO. The van der Waals surface area contributed by atoms with E-state index in [4.69, 9.17) is 0 Å². The molecule has 19 heavy (non-hydrogen) atoms. The third-order valence-corrected chi connectivity index (χ3v) is 3.18. The minimum atomic E-state index is -0.301. The van der Waals surface area contributed by atoms with Crippen LogP contribution in [0.4, 0.5) is 4.39 Å². The van der Waals surface area contributed by atoms with Crippen molar-refractivity contribution in [1.29, 1.82) is 0 Å². The summed E-state index contributed by atoms with van der Waals surface area (Å²) in [6.07, 6.45) is 0.286. The van der Waals surface area contributed by atoms with E-state index in [-0.39, 0.29) is 24.7 Å². The van der Waals surface area contributed by atoms with E-state index in [2.05, 4.69) is 21.2 Å². The second-order valence-electron chi connectivity index (χ2n) is 4.17. The SMILES string of the molecule is O=C(Cc1cccc(Br)c1)NCc1ccccc1F. The van der Waals surface area contributed by atoms with Crippen LogP contribution in [0.3, 0.4) is 0 Å². The quantitative estimate of drug-likeness (QED) is 0.918. The van der Waals surface area contributed by atoms with E-state index in [1.807, 2.05) is 24.3 Å². The fraction of sp³-hybridized carbons (Fsp3) is 0.133. The molecule has 0 saturated carbocycles. The van der Waals surface area contributed by atoms with Crippen molar-refractivity contribution in [3.8, 4) is 0 Å². The average Bonchev–Trinajstić information content (AvgIpc) is 2.38. The Bertz CT molecular complexity index is 586. The van der Waals surface area contributed by atoms with Gasteiger partial charge in [-0.25, -0.2) is 4.39 Å². The summed E-state index contributed by atoms with van der Waals surface area (Å²) in [4.78, 5) is 11.8. The highest BCUT2D eigenvalue weighted by molar-refractivity contribution is 9.10. The lowest BCUT2D eigenvalue weighted by atomic mass is 10.1. The Morgan fingerprint density at radius 1 is 1.16 bits per heavy atom. The predicted octanol–water partition coefficient (Wildman–Crippen LogP) is 3.45. The van der Waals surface area contributed by atoms with Crippen molar-refractivity contribution in [3.05, 3.63) is 69.9 Å². The Morgan fingerprint density at radius 3 is 2.68 bits per heavy atom. The molecule has 0 unspecified atom stereocenters. The van der Waals surface area contributed by atoms with Crippen LogP contribution < -0.4 is 5.32 Å². The van der Waals surface area contributed by atoms with Gasteiger partial charge in [0.25, 0.3) is 0 Å². The van der Waals surface area contributed by atoms with Gasteiger partial charge in [0.15, 0.2) is 0 Å². The van der Waals surface area contributed by atoms with Crippen LogP contribution in [0, 0.1) is 5.82 Å². The van der Waals surface area contributed by atoms with E-state index in [0.717, 1.165) is 10.0 Å². The van der Waals surface area contributed by atoms with E-state index in [0.29, 0.717) is 5.56 Å². The Labute approximate surface area is 119 Å². The van der Waals surface area contributed by atoms with Gasteiger partial charge in [-0.1, -0.05) is 46.3 Å². The van der Waals surface area contributed by atoms with Gasteiger partial charge in [-0.2, -0.15) is 0 Å². The lowest BCUT2D eigenvalue weighted by Crippen LogP contribution is -2.25. The highest BCUT2D eigenvalue weighted by atomic mass is 79.9. The molecular weight excluding hydrogens is 309 g/mol. The molecule has 2 aromatic carbocycles. The maximum Gasteiger partial charge on any atom is 0.224 e. The lowest BCUT2D eigenvalue weighted by Gasteiger charge is -2.06. The molecule has 0 spiro atoms. The van der Waals surface area contributed by atoms with Crippen molar-refractivity contribution in [2.24, 2.45) is 0 Å². The van der Waals surface area contributed by atoms with Crippen molar-refractivity contribution >= 4 is 21.8 Å². The van der Waals surface area contributed by atoms with E-state index in [9.17, 15) is 9.18 Å². The number of rotatable bonds is 4. The summed E-state index contributed by atoms with van der Waals surface area (Å²) in [7, 11) is 0. The van der Waals surface area contributed by atoms with E-state index < -0.39 is 0 Å². The molecule has 2 nitrogen and oxygen atoms in total. The summed E-state index contributed by atoms with van der Waals surface area (Å²) in [5.41, 5.74) is 1.41. The first-order valence-electron chi connectivity index (χ1n) is 5.90. The zero-order valence-electron chi connectivity index (χ0n) is 10.2. The molecule has 4 heteroatoms. The third-order valence-electron chi connectivity index (χ3n) is 2.69. The second-order valence-corrected chi connectivity index (χ2v) is 5.09. The maximum atomic E-state index is 13.4. The van der Waals surface area contributed by atoms with E-state index in [1.165, 1.54) is 6.07 Å². The van der Waals surface area contributed by atoms with Crippen LogP contribution in [-0.2, 0) is 17.8 Å². The Hall–Kier alpha value is -1.68. The van der Waals surface area contributed by atoms with Gasteiger partial charge in [0.05, 0.1) is 6.42 Å². The number of carbonyl (C=O) groups excluding carboxylic acids is 1. The predicted molar refractivity (Wildman–Crippen MR) is 76.1 cm³/mol. The molecule has 98 valence electrons. The summed E-state index contributed by atoms with van der Waals surface area (Å²) >= 11 is 3.36. The molecule has 0 aromatic heterocycles. The molecule has 0 aliphatic heterocycles. The number of hydrogen-bond donors (Lipinski definition) is 1. The minimum absolute atomic E-state index is 0.124. The van der Waals surface area contributed by atoms with Crippen LogP contribution in [0.15, 0.2) is 53.0 Å². The number of hydrogen-bond acceptors (Lipinski definition) is 1. The van der Waals surface area contributed by atoms with Crippen molar-refractivity contribution in [2.45, 2.75) is 13.0 Å². The number of carbonyl (C=O) groups is 1. The largest absolute Gasteiger partial charge is 0.352 e. The fourth-order valence-corrected chi connectivity index (χ4v) is 2.18. The van der Waals surface area contributed by atoms with Gasteiger partial charge in [-0.3, -0.25) is 4.79 Å². The van der Waals surface area contributed by atoms with Crippen LogP contribution >= 0.6 is 15.9 Å². The molecule has 2 aromatic rings. The molecule has 0 saturated heterocycles. The smallest absolute Gasteiger partial charge is 0.224 e. The molecule has 0 atom stereocenters. The van der Waals surface area contributed by atoms with Gasteiger partial charge >= 0.3 is 0 Å². The lowest BCUT2D eigenvalue weighted by molar-refractivity contribution is -0.120. The number of benzene rings is 2. The first-order valence-corrected chi connectivity index (χ1v) is 6.69. The van der Waals surface area contributed by atoms with Crippen molar-refractivity contribution < 1.29 is 9.18 Å². The van der Waals surface area contributed by atoms with Gasteiger partial charge < -0.3 is 5.32 Å². The fourth-order valence-electron chi connectivity index (χ4n) is 1.73. The zero-order chi connectivity index (χ0) is 13.7. The minimum Gasteiger partial charge on any atom is -0.352 e. The summed E-state index contributed by atoms with van der Waals surface area (Å²) in [6, 6.07) is 14.0. The van der Waals surface area contributed by atoms with E-state index in [1.54, 1.807) is 18.2 Å². The normalized spacial score (nSPS) is 10.2. The summed E-state index contributed by atoms with van der Waals surface area (Å²) in [5.74, 6) is -0.424. The highest BCUT2D eigenvalue weighted by Crippen LogP contribution is 2.12. The van der Waals surface area contributed by atoms with E-state index >= 15 is 0 Å². The summed E-state index contributed by atoms with van der Waals surface area (Å²) in [6.45, 7) is 0.208. The molecule has 0 aliphatic rings. The Morgan fingerprint density at radius 2 is 1.95 bits per heavy atom. The molecule has 2 rings (SSSR count). The first-order chi connectivity index (χ1) is 9.15. The number of halogens is 2. The van der Waals surface area contributed by atoms with Gasteiger partial charge in [0, 0.05) is 16.6 Å². The topological polar surface area (TPSA) is 29.1 Å². The molecule has 0 fully saturated rings. The standard InChI is InChI=1S/C15H13BrFNO/c16-13-6-3-4-11(8-13)9-15(19)18-10-12-5-1-2-7-14(12)17/h1-8H,9-10H2,(H,18,19). The molecule has 0 radical (unpaired) electrons. The van der Waals surface area contributed by atoms with Crippen LogP contribution in [0.1, 0.15) is 11.1 Å². The summed E-state index contributed by atoms with van der Waals surface area (Å²) < 4.78 is 14.3. The molecule has 0 bridgehead atoms.